The van der Waals surface area contributed by atoms with E-state index in [0.29, 0.717) is 34.5 Å². The largest absolute Gasteiger partial charge is 0.496 e. The van der Waals surface area contributed by atoms with Crippen molar-refractivity contribution in [3.8, 4) is 28.5 Å². The van der Waals surface area contributed by atoms with Crippen LogP contribution in [0.5, 0.6) is 17.4 Å². The average molecular weight is 368 g/mol. The molecule has 0 aliphatic carbocycles. The van der Waals surface area contributed by atoms with Crippen LogP contribution in [0.15, 0.2) is 48.9 Å². The van der Waals surface area contributed by atoms with E-state index in [9.17, 15) is 9.18 Å². The Morgan fingerprint density at radius 3 is 2.63 bits per heavy atom. The molecule has 8 heteroatoms. The zero-order chi connectivity index (χ0) is 19.2. The lowest BCUT2D eigenvalue weighted by Gasteiger charge is -2.14. The van der Waals surface area contributed by atoms with Gasteiger partial charge in [0.2, 0.25) is 11.8 Å². The van der Waals surface area contributed by atoms with Crippen LogP contribution >= 0.6 is 0 Å². The van der Waals surface area contributed by atoms with E-state index >= 15 is 0 Å². The number of carbonyl (C=O) groups excluding carboxylic acids is 1. The maximum atomic E-state index is 13.5. The number of nitrogens with zero attached hydrogens (tertiary/aromatic N) is 4. The average Bonchev–Trinajstić information content (AvgIpc) is 2.69. The minimum absolute atomic E-state index is 0.189. The minimum Gasteiger partial charge on any atom is -0.496 e. The van der Waals surface area contributed by atoms with Crippen molar-refractivity contribution < 1.29 is 18.7 Å². The number of carbonyl (C=O) groups is 1. The molecule has 0 atom stereocenters. The third kappa shape index (κ3) is 4.17. The number of benzene rings is 1. The van der Waals surface area contributed by atoms with Gasteiger partial charge in [-0.2, -0.15) is 0 Å². The Labute approximate surface area is 155 Å². The van der Waals surface area contributed by atoms with E-state index in [-0.39, 0.29) is 6.54 Å². The monoisotopic (exact) mass is 368 g/mol. The fourth-order valence-corrected chi connectivity index (χ4v) is 2.43. The van der Waals surface area contributed by atoms with Gasteiger partial charge in [0, 0.05) is 30.4 Å². The number of pyridine rings is 1. The third-order valence-corrected chi connectivity index (χ3v) is 3.74. The highest BCUT2D eigenvalue weighted by Gasteiger charge is 2.14. The summed E-state index contributed by atoms with van der Waals surface area (Å²) < 4.78 is 24.6. The first-order chi connectivity index (χ1) is 13.1. The zero-order valence-corrected chi connectivity index (χ0v) is 14.8. The Hall–Kier alpha value is -3.55. The van der Waals surface area contributed by atoms with Gasteiger partial charge >= 0.3 is 0 Å². The number of hydrogen-bond acceptors (Lipinski definition) is 7. The number of methoxy groups -OCH3 is 1. The van der Waals surface area contributed by atoms with Crippen molar-refractivity contribution in [1.29, 1.82) is 0 Å². The Morgan fingerprint density at radius 2 is 1.93 bits per heavy atom. The van der Waals surface area contributed by atoms with E-state index in [2.05, 4.69) is 15.0 Å². The summed E-state index contributed by atoms with van der Waals surface area (Å²) in [5.74, 6) is 1.05. The fraction of sp³-hybridized carbons (Fsp3) is 0.158. The molecule has 0 saturated heterocycles. The molecular weight excluding hydrogens is 351 g/mol. The van der Waals surface area contributed by atoms with Gasteiger partial charge in [0.05, 0.1) is 26.0 Å². The topological polar surface area (TPSA) is 77.4 Å². The van der Waals surface area contributed by atoms with E-state index in [0.717, 1.165) is 6.29 Å². The first-order valence-electron chi connectivity index (χ1n) is 8.06. The minimum atomic E-state index is -0.398. The molecule has 0 spiro atoms. The van der Waals surface area contributed by atoms with E-state index in [1.807, 2.05) is 0 Å². The van der Waals surface area contributed by atoms with Crippen LogP contribution in [0.1, 0.15) is 0 Å². The van der Waals surface area contributed by atoms with E-state index in [1.54, 1.807) is 36.3 Å². The highest BCUT2D eigenvalue weighted by atomic mass is 19.1. The molecule has 0 bridgehead atoms. The predicted octanol–water partition coefficient (Wildman–Crippen LogP) is 3.11. The second-order valence-electron chi connectivity index (χ2n) is 5.57. The summed E-state index contributed by atoms with van der Waals surface area (Å²) >= 11 is 0. The van der Waals surface area contributed by atoms with Crippen LogP contribution in [0.2, 0.25) is 0 Å². The third-order valence-electron chi connectivity index (χ3n) is 3.74. The molecule has 1 aromatic carbocycles. The maximum Gasteiger partial charge on any atom is 0.227 e. The van der Waals surface area contributed by atoms with Crippen LogP contribution < -0.4 is 14.4 Å². The molecular formula is C19H17FN4O3. The summed E-state index contributed by atoms with van der Waals surface area (Å²) in [4.78, 5) is 24.8. The summed E-state index contributed by atoms with van der Waals surface area (Å²) in [5, 5.41) is 0. The summed E-state index contributed by atoms with van der Waals surface area (Å²) in [6, 6.07) is 7.79. The molecule has 0 aliphatic heterocycles. The van der Waals surface area contributed by atoms with Gasteiger partial charge in [0.1, 0.15) is 17.9 Å². The summed E-state index contributed by atoms with van der Waals surface area (Å²) in [7, 11) is 3.18. The molecule has 3 aromatic rings. The van der Waals surface area contributed by atoms with Gasteiger partial charge in [-0.05, 0) is 24.3 Å². The van der Waals surface area contributed by atoms with Gasteiger partial charge in [0.25, 0.3) is 0 Å². The van der Waals surface area contributed by atoms with Crippen molar-refractivity contribution in [3.63, 3.8) is 0 Å². The molecule has 2 aromatic heterocycles. The summed E-state index contributed by atoms with van der Waals surface area (Å²) in [6.45, 7) is 0.189. The Kier molecular flexibility index (Phi) is 5.55. The smallest absolute Gasteiger partial charge is 0.227 e. The molecule has 7 nitrogen and oxygen atoms in total. The SMILES string of the molecule is COc1cc(F)ccc1-c1cccnc1Oc1cnc(N(C)CC=O)nc1. The summed E-state index contributed by atoms with van der Waals surface area (Å²) in [6.07, 6.45) is 5.33. The molecule has 0 fully saturated rings. The zero-order valence-electron chi connectivity index (χ0n) is 14.8. The number of aromatic nitrogens is 3. The molecule has 0 radical (unpaired) electrons. The van der Waals surface area contributed by atoms with Crippen LogP contribution in [0.25, 0.3) is 11.1 Å². The molecule has 0 amide bonds. The van der Waals surface area contributed by atoms with Crippen molar-refractivity contribution in [2.75, 3.05) is 25.6 Å². The van der Waals surface area contributed by atoms with Crippen molar-refractivity contribution in [3.05, 3.63) is 54.7 Å². The normalized spacial score (nSPS) is 10.3. The molecule has 2 heterocycles. The molecule has 0 saturated carbocycles. The van der Waals surface area contributed by atoms with E-state index in [1.165, 1.54) is 31.6 Å². The van der Waals surface area contributed by atoms with Gasteiger partial charge in [-0.25, -0.2) is 19.3 Å². The number of likely N-dealkylation sites (N-methyl/N-ethyl adjacent to an activating group) is 1. The second-order valence-corrected chi connectivity index (χ2v) is 5.57. The van der Waals surface area contributed by atoms with Gasteiger partial charge < -0.3 is 19.2 Å². The molecule has 3 rings (SSSR count). The first-order valence-corrected chi connectivity index (χ1v) is 8.06. The molecule has 0 N–H and O–H groups in total. The van der Waals surface area contributed by atoms with Crippen LogP contribution in [0.4, 0.5) is 10.3 Å². The molecule has 27 heavy (non-hydrogen) atoms. The van der Waals surface area contributed by atoms with Crippen LogP contribution in [0.3, 0.4) is 0 Å². The molecule has 0 unspecified atom stereocenters. The van der Waals surface area contributed by atoms with Crippen molar-refractivity contribution in [1.82, 2.24) is 15.0 Å². The highest BCUT2D eigenvalue weighted by molar-refractivity contribution is 5.74. The standard InChI is InChI=1S/C19H17FN4O3/c1-24(8-9-25)19-22-11-14(12-23-19)27-18-16(4-3-7-21-18)15-6-5-13(20)10-17(15)26-2/h3-7,9-12H,8H2,1-2H3. The van der Waals surface area contributed by atoms with Crippen LogP contribution in [-0.4, -0.2) is 41.9 Å². The van der Waals surface area contributed by atoms with Crippen molar-refractivity contribution in [2.45, 2.75) is 0 Å². The lowest BCUT2D eigenvalue weighted by Crippen LogP contribution is -2.21. The Balaban J connectivity index is 1.90. The van der Waals surface area contributed by atoms with E-state index in [4.69, 9.17) is 9.47 Å². The number of halogens is 1. The first kappa shape index (κ1) is 18.2. The Bertz CT molecular complexity index is 934. The fourth-order valence-electron chi connectivity index (χ4n) is 2.43. The van der Waals surface area contributed by atoms with Gasteiger partial charge in [-0.15, -0.1) is 0 Å². The predicted molar refractivity (Wildman–Crippen MR) is 97.6 cm³/mol. The van der Waals surface area contributed by atoms with Crippen LogP contribution in [0, 0.1) is 5.82 Å². The van der Waals surface area contributed by atoms with E-state index < -0.39 is 5.82 Å². The van der Waals surface area contributed by atoms with Gasteiger partial charge in [-0.3, -0.25) is 0 Å². The van der Waals surface area contributed by atoms with Crippen molar-refractivity contribution in [2.24, 2.45) is 0 Å². The lowest BCUT2D eigenvalue weighted by atomic mass is 10.1. The van der Waals surface area contributed by atoms with Crippen LogP contribution in [-0.2, 0) is 4.79 Å². The Morgan fingerprint density at radius 1 is 1.15 bits per heavy atom. The number of aldehydes is 1. The van der Waals surface area contributed by atoms with Gasteiger partial charge in [-0.1, -0.05) is 0 Å². The highest BCUT2D eigenvalue weighted by Crippen LogP contribution is 2.37. The second kappa shape index (κ2) is 8.22. The number of anilines is 1. The number of rotatable bonds is 7. The molecule has 0 aliphatic rings. The number of ether oxygens (including phenoxy) is 2. The van der Waals surface area contributed by atoms with Gasteiger partial charge in [0.15, 0.2) is 5.75 Å². The lowest BCUT2D eigenvalue weighted by molar-refractivity contribution is -0.106. The van der Waals surface area contributed by atoms with Crippen molar-refractivity contribution >= 4 is 12.2 Å². The molecule has 138 valence electrons. The summed E-state index contributed by atoms with van der Waals surface area (Å²) in [5.41, 5.74) is 1.28. The maximum absolute atomic E-state index is 13.5. The number of hydrogen-bond donors (Lipinski definition) is 0. The quantitative estimate of drug-likeness (QED) is 0.593.